The quantitative estimate of drug-likeness (QED) is 0.682. The minimum Gasteiger partial charge on any atom is -0.506 e. The summed E-state index contributed by atoms with van der Waals surface area (Å²) in [7, 11) is 0. The van der Waals surface area contributed by atoms with E-state index in [-0.39, 0.29) is 19.0 Å². The molecule has 1 heterocycles. The first kappa shape index (κ1) is 11.9. The Morgan fingerprint density at radius 2 is 2.00 bits per heavy atom. The minimum atomic E-state index is -0.274. The lowest BCUT2D eigenvalue weighted by atomic mass is 10.1. The number of rotatable bonds is 5. The molecule has 0 spiro atoms. The lowest BCUT2D eigenvalue weighted by Gasteiger charge is -2.10. The second-order valence-corrected chi connectivity index (χ2v) is 3.48. The van der Waals surface area contributed by atoms with Gasteiger partial charge in [-0.25, -0.2) is 0 Å². The number of hydrogen-bond donors (Lipinski definition) is 3. The second-order valence-electron chi connectivity index (χ2n) is 3.48. The maximum atomic E-state index is 9.79. The van der Waals surface area contributed by atoms with Crippen LogP contribution in [0.5, 0.6) is 5.75 Å². The molecule has 0 saturated heterocycles. The summed E-state index contributed by atoms with van der Waals surface area (Å²) in [6.07, 6.45) is 4.18. The molecule has 15 heavy (non-hydrogen) atoms. The molecule has 0 amide bonds. The van der Waals surface area contributed by atoms with Crippen molar-refractivity contribution >= 4 is 0 Å². The maximum absolute atomic E-state index is 9.79. The van der Waals surface area contributed by atoms with Crippen LogP contribution in [-0.4, -0.2) is 20.3 Å². The summed E-state index contributed by atoms with van der Waals surface area (Å²) in [5.41, 5.74) is 1.46. The Hall–Kier alpha value is -1.13. The fourth-order valence-electron chi connectivity index (χ4n) is 1.46. The first-order chi connectivity index (χ1) is 7.24. The van der Waals surface area contributed by atoms with Crippen LogP contribution in [-0.2, 0) is 19.6 Å². The third-order valence-electron chi connectivity index (χ3n) is 2.42. The van der Waals surface area contributed by atoms with E-state index in [1.165, 1.54) is 6.20 Å². The van der Waals surface area contributed by atoms with Crippen molar-refractivity contribution in [1.29, 1.82) is 0 Å². The van der Waals surface area contributed by atoms with Gasteiger partial charge in [-0.1, -0.05) is 13.3 Å². The van der Waals surface area contributed by atoms with Crippen molar-refractivity contribution in [3.8, 4) is 5.75 Å². The van der Waals surface area contributed by atoms with Crippen molar-refractivity contribution in [2.45, 2.75) is 39.4 Å². The van der Waals surface area contributed by atoms with E-state index < -0.39 is 0 Å². The van der Waals surface area contributed by atoms with Gasteiger partial charge in [-0.05, 0) is 12.8 Å². The van der Waals surface area contributed by atoms with Crippen LogP contribution in [0.4, 0.5) is 0 Å². The van der Waals surface area contributed by atoms with Gasteiger partial charge in [0.25, 0.3) is 0 Å². The van der Waals surface area contributed by atoms with Gasteiger partial charge in [0, 0.05) is 17.3 Å². The first-order valence-electron chi connectivity index (χ1n) is 5.14. The minimum absolute atomic E-state index is 0.0255. The third kappa shape index (κ3) is 2.67. The Bertz CT molecular complexity index is 326. The van der Waals surface area contributed by atoms with E-state index >= 15 is 0 Å². The largest absolute Gasteiger partial charge is 0.506 e. The normalized spacial score (nSPS) is 10.6. The Balaban J connectivity index is 3.00. The van der Waals surface area contributed by atoms with Gasteiger partial charge < -0.3 is 15.3 Å². The van der Waals surface area contributed by atoms with Gasteiger partial charge in [0.05, 0.1) is 18.9 Å². The SMILES string of the molecule is CCCCc1ncc(CO)c(CO)c1O. The van der Waals surface area contributed by atoms with Crippen LogP contribution in [0.2, 0.25) is 0 Å². The Morgan fingerprint density at radius 1 is 1.27 bits per heavy atom. The van der Waals surface area contributed by atoms with Gasteiger partial charge in [-0.3, -0.25) is 4.98 Å². The molecular formula is C11H17NO3. The van der Waals surface area contributed by atoms with Crippen LogP contribution in [0, 0.1) is 0 Å². The van der Waals surface area contributed by atoms with Crippen LogP contribution in [0.1, 0.15) is 36.6 Å². The third-order valence-corrected chi connectivity index (χ3v) is 2.42. The molecule has 0 unspecified atom stereocenters. The number of aromatic hydroxyl groups is 1. The van der Waals surface area contributed by atoms with E-state index in [2.05, 4.69) is 11.9 Å². The molecule has 4 nitrogen and oxygen atoms in total. The molecule has 0 aliphatic carbocycles. The van der Waals surface area contributed by atoms with Gasteiger partial charge in [0.1, 0.15) is 5.75 Å². The monoisotopic (exact) mass is 211 g/mol. The van der Waals surface area contributed by atoms with Gasteiger partial charge in [0.2, 0.25) is 0 Å². The zero-order valence-electron chi connectivity index (χ0n) is 8.90. The molecule has 1 aromatic heterocycles. The molecule has 1 aromatic rings. The number of pyridine rings is 1. The van der Waals surface area contributed by atoms with Crippen molar-refractivity contribution in [2.75, 3.05) is 0 Å². The van der Waals surface area contributed by atoms with Crippen molar-refractivity contribution in [2.24, 2.45) is 0 Å². The zero-order valence-corrected chi connectivity index (χ0v) is 8.90. The molecule has 4 heteroatoms. The highest BCUT2D eigenvalue weighted by Gasteiger charge is 2.12. The second kappa shape index (κ2) is 5.68. The van der Waals surface area contributed by atoms with Crippen molar-refractivity contribution in [3.63, 3.8) is 0 Å². The molecule has 0 atom stereocenters. The highest BCUT2D eigenvalue weighted by Crippen LogP contribution is 2.25. The maximum Gasteiger partial charge on any atom is 0.142 e. The number of aliphatic hydroxyl groups is 2. The smallest absolute Gasteiger partial charge is 0.142 e. The van der Waals surface area contributed by atoms with Gasteiger partial charge >= 0.3 is 0 Å². The van der Waals surface area contributed by atoms with E-state index in [1.807, 2.05) is 0 Å². The molecular weight excluding hydrogens is 194 g/mol. The fourth-order valence-corrected chi connectivity index (χ4v) is 1.46. The molecule has 3 N–H and O–H groups in total. The van der Waals surface area contributed by atoms with Gasteiger partial charge in [-0.15, -0.1) is 0 Å². The molecule has 0 aromatic carbocycles. The molecule has 0 saturated carbocycles. The summed E-state index contributed by atoms with van der Waals surface area (Å²) < 4.78 is 0. The van der Waals surface area contributed by atoms with E-state index in [1.54, 1.807) is 0 Å². The van der Waals surface area contributed by atoms with E-state index in [0.29, 0.717) is 23.2 Å². The van der Waals surface area contributed by atoms with Crippen LogP contribution in [0.3, 0.4) is 0 Å². The van der Waals surface area contributed by atoms with Crippen molar-refractivity contribution in [1.82, 2.24) is 4.98 Å². The Labute approximate surface area is 89.2 Å². The predicted octanol–water partition coefficient (Wildman–Crippen LogP) is 1.11. The number of hydrogen-bond acceptors (Lipinski definition) is 4. The lowest BCUT2D eigenvalue weighted by Crippen LogP contribution is -2.01. The first-order valence-corrected chi connectivity index (χ1v) is 5.14. The summed E-state index contributed by atoms with van der Waals surface area (Å²) in [6, 6.07) is 0. The standard InChI is InChI=1S/C11H17NO3/c1-2-3-4-10-11(15)9(7-14)8(6-13)5-12-10/h5,13-15H,2-4,6-7H2,1H3. The van der Waals surface area contributed by atoms with Crippen LogP contribution < -0.4 is 0 Å². The Kier molecular flexibility index (Phi) is 4.52. The Morgan fingerprint density at radius 3 is 2.53 bits per heavy atom. The van der Waals surface area contributed by atoms with Crippen molar-refractivity contribution < 1.29 is 15.3 Å². The van der Waals surface area contributed by atoms with Gasteiger partial charge in [-0.2, -0.15) is 0 Å². The predicted molar refractivity (Wildman–Crippen MR) is 56.4 cm³/mol. The highest BCUT2D eigenvalue weighted by molar-refractivity contribution is 5.40. The molecule has 0 aliphatic heterocycles. The van der Waals surface area contributed by atoms with E-state index in [9.17, 15) is 5.11 Å². The van der Waals surface area contributed by atoms with Crippen LogP contribution in [0.25, 0.3) is 0 Å². The summed E-state index contributed by atoms with van der Waals surface area (Å²) >= 11 is 0. The molecule has 0 radical (unpaired) electrons. The summed E-state index contributed by atoms with van der Waals surface area (Å²) in [5.74, 6) is 0.0255. The van der Waals surface area contributed by atoms with Crippen molar-refractivity contribution in [3.05, 3.63) is 23.0 Å². The number of nitrogens with zero attached hydrogens (tertiary/aromatic N) is 1. The fraction of sp³-hybridized carbons (Fsp3) is 0.545. The number of aromatic nitrogens is 1. The van der Waals surface area contributed by atoms with Crippen LogP contribution in [0.15, 0.2) is 6.20 Å². The van der Waals surface area contributed by atoms with Crippen LogP contribution >= 0.6 is 0 Å². The number of aliphatic hydroxyl groups excluding tert-OH is 2. The summed E-state index contributed by atoms with van der Waals surface area (Å²) in [4.78, 5) is 4.07. The topological polar surface area (TPSA) is 73.6 Å². The van der Waals surface area contributed by atoms with Gasteiger partial charge in [0.15, 0.2) is 0 Å². The molecule has 0 bridgehead atoms. The number of unbranched alkanes of at least 4 members (excludes halogenated alkanes) is 1. The van der Waals surface area contributed by atoms with E-state index in [0.717, 1.165) is 12.8 Å². The zero-order chi connectivity index (χ0) is 11.3. The molecule has 1 rings (SSSR count). The van der Waals surface area contributed by atoms with E-state index in [4.69, 9.17) is 10.2 Å². The number of aryl methyl sites for hydroxylation is 1. The summed E-state index contributed by atoms with van der Waals surface area (Å²) in [6.45, 7) is 1.57. The average Bonchev–Trinajstić information content (AvgIpc) is 2.27. The molecule has 0 aliphatic rings. The molecule has 0 fully saturated rings. The lowest BCUT2D eigenvalue weighted by molar-refractivity contribution is 0.254. The molecule has 84 valence electrons. The highest BCUT2D eigenvalue weighted by atomic mass is 16.3. The average molecular weight is 211 g/mol. The summed E-state index contributed by atoms with van der Waals surface area (Å²) in [5, 5.41) is 27.9.